The Bertz CT molecular complexity index is 627. The number of carbonyl (C=O) groups excluding carboxylic acids is 1. The van der Waals surface area contributed by atoms with Crippen LogP contribution in [0.1, 0.15) is 22.8 Å². The molecule has 22 heavy (non-hydrogen) atoms. The Morgan fingerprint density at radius 3 is 3.00 bits per heavy atom. The molecule has 0 aliphatic rings. The molecular weight excluding hydrogens is 298 g/mol. The van der Waals surface area contributed by atoms with Gasteiger partial charge >= 0.3 is 0 Å². The van der Waals surface area contributed by atoms with Crippen LogP contribution in [-0.2, 0) is 12.8 Å². The van der Waals surface area contributed by atoms with E-state index >= 15 is 0 Å². The maximum absolute atomic E-state index is 12.1. The van der Waals surface area contributed by atoms with Gasteiger partial charge in [0.1, 0.15) is 0 Å². The molecule has 1 aromatic heterocycles. The molecule has 2 aromatic rings. The quantitative estimate of drug-likeness (QED) is 0.767. The molecule has 1 atom stereocenters. The Labute approximate surface area is 134 Å². The molecular formula is C16H21N3O2S. The number of amides is 1. The zero-order valence-corrected chi connectivity index (χ0v) is 13.6. The van der Waals surface area contributed by atoms with Crippen LogP contribution in [0.25, 0.3) is 0 Å². The van der Waals surface area contributed by atoms with Crippen LogP contribution in [0, 0.1) is 5.92 Å². The lowest BCUT2D eigenvalue weighted by atomic mass is 10.1. The van der Waals surface area contributed by atoms with E-state index in [1.165, 1.54) is 0 Å². The van der Waals surface area contributed by atoms with Gasteiger partial charge in [0, 0.05) is 43.9 Å². The summed E-state index contributed by atoms with van der Waals surface area (Å²) in [7, 11) is 1.96. The number of nitrogens with one attached hydrogen (secondary N) is 1. The third kappa shape index (κ3) is 4.61. The van der Waals surface area contributed by atoms with Gasteiger partial charge in [0.05, 0.1) is 0 Å². The molecule has 1 heterocycles. The van der Waals surface area contributed by atoms with Crippen molar-refractivity contribution in [3.05, 3.63) is 47.8 Å². The molecule has 1 amide bonds. The average Bonchev–Trinajstić information content (AvgIpc) is 2.95. The lowest BCUT2D eigenvalue weighted by Crippen LogP contribution is -2.29. The molecule has 0 spiro atoms. The summed E-state index contributed by atoms with van der Waals surface area (Å²) in [5.41, 5.74) is 1.72. The van der Waals surface area contributed by atoms with Gasteiger partial charge in [-0.15, -0.1) is 0 Å². The van der Waals surface area contributed by atoms with Crippen LogP contribution in [0.3, 0.4) is 0 Å². The van der Waals surface area contributed by atoms with Crippen molar-refractivity contribution in [2.75, 3.05) is 13.2 Å². The average molecular weight is 319 g/mol. The summed E-state index contributed by atoms with van der Waals surface area (Å²) < 4.78 is 1.97. The summed E-state index contributed by atoms with van der Waals surface area (Å²) >= 11 is 1.64. The predicted octanol–water partition coefficient (Wildman–Crippen LogP) is 2.07. The van der Waals surface area contributed by atoms with Crippen molar-refractivity contribution < 1.29 is 9.90 Å². The third-order valence-electron chi connectivity index (χ3n) is 3.26. The van der Waals surface area contributed by atoms with Crippen LogP contribution in [-0.4, -0.2) is 33.7 Å². The largest absolute Gasteiger partial charge is 0.396 e. The van der Waals surface area contributed by atoms with Crippen molar-refractivity contribution in [3.63, 3.8) is 0 Å². The molecule has 0 aliphatic carbocycles. The fourth-order valence-corrected chi connectivity index (χ4v) is 2.75. The van der Waals surface area contributed by atoms with Crippen LogP contribution >= 0.6 is 11.8 Å². The van der Waals surface area contributed by atoms with Crippen molar-refractivity contribution >= 4 is 17.7 Å². The number of carbonyl (C=O) groups is 1. The summed E-state index contributed by atoms with van der Waals surface area (Å²) in [5.74, 6) is 0.717. The van der Waals surface area contributed by atoms with Gasteiger partial charge in [-0.1, -0.05) is 30.8 Å². The fraction of sp³-hybridized carbons (Fsp3) is 0.375. The number of aromatic nitrogens is 2. The number of hydrogen-bond donors (Lipinski definition) is 2. The van der Waals surface area contributed by atoms with Gasteiger partial charge in [-0.2, -0.15) is 0 Å². The molecule has 0 radical (unpaired) electrons. The predicted molar refractivity (Wildman–Crippen MR) is 87.8 cm³/mol. The molecule has 1 unspecified atom stereocenters. The number of imidazole rings is 1. The highest BCUT2D eigenvalue weighted by atomic mass is 32.2. The van der Waals surface area contributed by atoms with Gasteiger partial charge in [0.2, 0.25) is 0 Å². The van der Waals surface area contributed by atoms with E-state index in [0.717, 1.165) is 16.5 Å². The molecule has 1 aromatic carbocycles. The molecule has 2 rings (SSSR count). The fourth-order valence-electron chi connectivity index (χ4n) is 1.87. The smallest absolute Gasteiger partial charge is 0.251 e. The zero-order valence-electron chi connectivity index (χ0n) is 12.8. The highest BCUT2D eigenvalue weighted by molar-refractivity contribution is 7.98. The number of rotatable bonds is 7. The number of aliphatic hydroxyl groups excluding tert-OH is 1. The highest BCUT2D eigenvalue weighted by Crippen LogP contribution is 2.21. The normalized spacial score (nSPS) is 12.1. The van der Waals surface area contributed by atoms with Gasteiger partial charge in [0.15, 0.2) is 5.16 Å². The van der Waals surface area contributed by atoms with Gasteiger partial charge in [-0.25, -0.2) is 4.98 Å². The van der Waals surface area contributed by atoms with E-state index in [1.807, 2.05) is 42.9 Å². The monoisotopic (exact) mass is 319 g/mol. The van der Waals surface area contributed by atoms with E-state index < -0.39 is 0 Å². The first-order chi connectivity index (χ1) is 10.6. The highest BCUT2D eigenvalue weighted by Gasteiger charge is 2.08. The van der Waals surface area contributed by atoms with Crippen molar-refractivity contribution in [1.82, 2.24) is 14.9 Å². The molecule has 6 heteroatoms. The van der Waals surface area contributed by atoms with Crippen molar-refractivity contribution in [1.29, 1.82) is 0 Å². The molecule has 5 nitrogen and oxygen atoms in total. The van der Waals surface area contributed by atoms with E-state index in [1.54, 1.807) is 24.0 Å². The number of benzene rings is 1. The van der Waals surface area contributed by atoms with E-state index in [4.69, 9.17) is 5.11 Å². The summed E-state index contributed by atoms with van der Waals surface area (Å²) in [6, 6.07) is 7.59. The maximum Gasteiger partial charge on any atom is 0.251 e. The molecule has 0 saturated carbocycles. The second-order valence-electron chi connectivity index (χ2n) is 5.31. The second kappa shape index (κ2) is 8.00. The Hall–Kier alpha value is -1.79. The van der Waals surface area contributed by atoms with Gasteiger partial charge in [0.25, 0.3) is 5.91 Å². The molecule has 2 N–H and O–H groups in total. The first-order valence-corrected chi connectivity index (χ1v) is 8.17. The summed E-state index contributed by atoms with van der Waals surface area (Å²) in [5, 5.41) is 12.8. The minimum atomic E-state index is -0.107. The number of aryl methyl sites for hydroxylation is 1. The lowest BCUT2D eigenvalue weighted by Gasteiger charge is -2.10. The van der Waals surface area contributed by atoms with E-state index in [2.05, 4.69) is 10.3 Å². The van der Waals surface area contributed by atoms with Crippen LogP contribution < -0.4 is 5.32 Å². The Kier molecular flexibility index (Phi) is 6.03. The zero-order chi connectivity index (χ0) is 15.9. The molecule has 0 saturated heterocycles. The number of thioether (sulfide) groups is 1. The summed E-state index contributed by atoms with van der Waals surface area (Å²) in [6.45, 7) is 2.43. The number of aliphatic hydroxyl groups is 1. The van der Waals surface area contributed by atoms with Gasteiger partial charge < -0.3 is 15.0 Å². The van der Waals surface area contributed by atoms with Crippen LogP contribution in [0.5, 0.6) is 0 Å². The third-order valence-corrected chi connectivity index (χ3v) is 4.39. The number of nitrogens with zero attached hydrogens (tertiary/aromatic N) is 2. The van der Waals surface area contributed by atoms with Crippen LogP contribution in [0.4, 0.5) is 0 Å². The SMILES string of the molecule is CC(CO)CNC(=O)c1cccc(CSc2nccn2C)c1. The first-order valence-electron chi connectivity index (χ1n) is 7.18. The topological polar surface area (TPSA) is 67.2 Å². The van der Waals surface area contributed by atoms with Gasteiger partial charge in [-0.3, -0.25) is 4.79 Å². The Morgan fingerprint density at radius 2 is 2.32 bits per heavy atom. The standard InChI is InChI=1S/C16H21N3O2S/c1-12(10-20)9-18-15(21)14-5-3-4-13(8-14)11-22-16-17-6-7-19(16)2/h3-8,12,20H,9-11H2,1-2H3,(H,18,21). The molecule has 0 bridgehead atoms. The van der Waals surface area contributed by atoms with Crippen LogP contribution in [0.15, 0.2) is 41.8 Å². The summed E-state index contributed by atoms with van der Waals surface area (Å²) in [6.07, 6.45) is 3.68. The van der Waals surface area contributed by atoms with Gasteiger partial charge in [-0.05, 0) is 23.6 Å². The van der Waals surface area contributed by atoms with Crippen molar-refractivity contribution in [2.45, 2.75) is 17.8 Å². The minimum absolute atomic E-state index is 0.0612. The lowest BCUT2D eigenvalue weighted by molar-refractivity contribution is 0.0942. The molecule has 0 fully saturated rings. The van der Waals surface area contributed by atoms with Crippen LogP contribution in [0.2, 0.25) is 0 Å². The van der Waals surface area contributed by atoms with E-state index in [9.17, 15) is 4.79 Å². The summed E-state index contributed by atoms with van der Waals surface area (Å²) in [4.78, 5) is 16.4. The Morgan fingerprint density at radius 1 is 1.50 bits per heavy atom. The van der Waals surface area contributed by atoms with E-state index in [-0.39, 0.29) is 18.4 Å². The minimum Gasteiger partial charge on any atom is -0.396 e. The maximum atomic E-state index is 12.1. The molecule has 118 valence electrons. The van der Waals surface area contributed by atoms with E-state index in [0.29, 0.717) is 12.1 Å². The first kappa shape index (κ1) is 16.6. The van der Waals surface area contributed by atoms with Crippen molar-refractivity contribution in [3.8, 4) is 0 Å². The second-order valence-corrected chi connectivity index (χ2v) is 6.25. The van der Waals surface area contributed by atoms with Crippen molar-refractivity contribution in [2.24, 2.45) is 13.0 Å². The molecule has 0 aliphatic heterocycles. The number of hydrogen-bond acceptors (Lipinski definition) is 4. The Balaban J connectivity index is 1.94.